The molecule has 0 spiro atoms. The summed E-state index contributed by atoms with van der Waals surface area (Å²) in [6.07, 6.45) is 1.98. The van der Waals surface area contributed by atoms with E-state index in [4.69, 9.17) is 4.74 Å². The number of fused-ring (bicyclic) bond motifs is 1. The van der Waals surface area contributed by atoms with Crippen molar-refractivity contribution in [3.63, 3.8) is 0 Å². The van der Waals surface area contributed by atoms with Crippen LogP contribution in [0, 0.1) is 0 Å². The number of ether oxygens (including phenoxy) is 1. The van der Waals surface area contributed by atoms with Gasteiger partial charge in [-0.2, -0.15) is 4.98 Å². The lowest BCUT2D eigenvalue weighted by molar-refractivity contribution is 0.242. The Balaban J connectivity index is 1.80. The molecule has 1 aromatic carbocycles. The lowest BCUT2D eigenvalue weighted by Gasteiger charge is -2.16. The van der Waals surface area contributed by atoms with E-state index < -0.39 is 0 Å². The number of methoxy groups -OCH3 is 1. The van der Waals surface area contributed by atoms with Gasteiger partial charge < -0.3 is 15.2 Å². The predicted octanol–water partition coefficient (Wildman–Crippen LogP) is 2.23. The molecule has 0 aliphatic heterocycles. The van der Waals surface area contributed by atoms with Crippen molar-refractivity contribution in [3.8, 4) is 5.88 Å². The summed E-state index contributed by atoms with van der Waals surface area (Å²) in [7, 11) is 1.62. The minimum Gasteiger partial charge on any atom is -0.480 e. The Morgan fingerprint density at radius 1 is 1.38 bits per heavy atom. The highest BCUT2D eigenvalue weighted by Crippen LogP contribution is 2.23. The number of nitrogens with zero attached hydrogens (tertiary/aromatic N) is 2. The molecule has 0 radical (unpaired) electrons. The number of thiazole rings is 1. The van der Waals surface area contributed by atoms with Crippen LogP contribution in [0.15, 0.2) is 41.9 Å². The zero-order valence-electron chi connectivity index (χ0n) is 11.7. The first-order chi connectivity index (χ1) is 10.3. The molecule has 0 saturated heterocycles. The molecule has 6 heteroatoms. The maximum Gasteiger partial charge on any atom is 0.237 e. The van der Waals surface area contributed by atoms with Gasteiger partial charge in [-0.3, -0.25) is 4.40 Å². The summed E-state index contributed by atoms with van der Waals surface area (Å²) in [6.45, 7) is 0.610. The van der Waals surface area contributed by atoms with Crippen molar-refractivity contribution in [2.24, 2.45) is 0 Å². The lowest BCUT2D eigenvalue weighted by atomic mass is 10.1. The molecule has 0 amide bonds. The number of benzene rings is 1. The molecular weight excluding hydrogens is 286 g/mol. The molecule has 0 saturated carbocycles. The number of aliphatic hydroxyl groups is 1. The zero-order chi connectivity index (χ0) is 14.7. The van der Waals surface area contributed by atoms with Crippen LogP contribution in [0.4, 0.5) is 0 Å². The molecule has 1 unspecified atom stereocenters. The first-order valence-corrected chi connectivity index (χ1v) is 7.59. The van der Waals surface area contributed by atoms with Crippen molar-refractivity contribution in [3.05, 3.63) is 53.2 Å². The van der Waals surface area contributed by atoms with Gasteiger partial charge in [-0.15, -0.1) is 11.3 Å². The fraction of sp³-hybridized carbons (Fsp3) is 0.267. The first-order valence-electron chi connectivity index (χ1n) is 6.71. The van der Waals surface area contributed by atoms with Gasteiger partial charge in [-0.1, -0.05) is 30.3 Å². The molecule has 3 aromatic rings. The third-order valence-corrected chi connectivity index (χ3v) is 4.17. The van der Waals surface area contributed by atoms with Crippen molar-refractivity contribution in [1.29, 1.82) is 0 Å². The number of rotatable bonds is 6. The van der Waals surface area contributed by atoms with Crippen LogP contribution in [0.25, 0.3) is 4.96 Å². The van der Waals surface area contributed by atoms with Crippen molar-refractivity contribution in [2.75, 3.05) is 13.7 Å². The van der Waals surface area contributed by atoms with Crippen molar-refractivity contribution in [1.82, 2.24) is 14.7 Å². The zero-order valence-corrected chi connectivity index (χ0v) is 12.5. The van der Waals surface area contributed by atoms with Crippen LogP contribution in [-0.2, 0) is 6.54 Å². The minimum atomic E-state index is -0.111. The quantitative estimate of drug-likeness (QED) is 0.733. The maximum atomic E-state index is 9.59. The normalized spacial score (nSPS) is 12.7. The van der Waals surface area contributed by atoms with E-state index in [-0.39, 0.29) is 12.6 Å². The number of nitrogens with one attached hydrogen (secondary N) is 1. The predicted molar refractivity (Wildman–Crippen MR) is 82.7 cm³/mol. The molecule has 0 bridgehead atoms. The third-order valence-electron chi connectivity index (χ3n) is 3.42. The van der Waals surface area contributed by atoms with Crippen molar-refractivity contribution in [2.45, 2.75) is 12.6 Å². The molecular formula is C15H17N3O2S. The van der Waals surface area contributed by atoms with E-state index in [9.17, 15) is 5.11 Å². The molecule has 110 valence electrons. The number of hydrogen-bond acceptors (Lipinski definition) is 5. The van der Waals surface area contributed by atoms with E-state index in [1.54, 1.807) is 18.4 Å². The van der Waals surface area contributed by atoms with Crippen LogP contribution < -0.4 is 10.1 Å². The molecule has 1 atom stereocenters. The van der Waals surface area contributed by atoms with E-state index in [1.807, 2.05) is 46.3 Å². The van der Waals surface area contributed by atoms with Gasteiger partial charge in [0.05, 0.1) is 19.8 Å². The topological polar surface area (TPSA) is 58.8 Å². The van der Waals surface area contributed by atoms with Gasteiger partial charge in [0, 0.05) is 18.1 Å². The van der Waals surface area contributed by atoms with Crippen LogP contribution in [0.1, 0.15) is 17.3 Å². The smallest absolute Gasteiger partial charge is 0.237 e. The standard InChI is InChI=1S/C15H17N3O2S/c1-20-14-13(18-7-8-21-15(18)17-14)9-16-12(10-19)11-5-3-2-4-6-11/h2-8,12,16,19H,9-10H2,1H3. The molecule has 3 rings (SSSR count). The molecule has 2 N–H and O–H groups in total. The Morgan fingerprint density at radius 2 is 2.19 bits per heavy atom. The molecule has 0 aliphatic carbocycles. The summed E-state index contributed by atoms with van der Waals surface area (Å²) in [5, 5.41) is 14.9. The van der Waals surface area contributed by atoms with Crippen LogP contribution in [-0.4, -0.2) is 28.2 Å². The summed E-state index contributed by atoms with van der Waals surface area (Å²) >= 11 is 1.57. The van der Waals surface area contributed by atoms with E-state index in [1.165, 1.54) is 0 Å². The molecule has 21 heavy (non-hydrogen) atoms. The highest BCUT2D eigenvalue weighted by Gasteiger charge is 2.16. The number of imidazole rings is 1. The maximum absolute atomic E-state index is 9.59. The Bertz CT molecular complexity index is 708. The van der Waals surface area contributed by atoms with Gasteiger partial charge in [0.25, 0.3) is 0 Å². The average molecular weight is 303 g/mol. The highest BCUT2D eigenvalue weighted by molar-refractivity contribution is 7.15. The van der Waals surface area contributed by atoms with Crippen LogP contribution >= 0.6 is 11.3 Å². The molecule has 0 fully saturated rings. The largest absolute Gasteiger partial charge is 0.480 e. The van der Waals surface area contributed by atoms with E-state index in [0.29, 0.717) is 12.4 Å². The Labute approximate surface area is 126 Å². The summed E-state index contributed by atoms with van der Waals surface area (Å²) in [5.41, 5.74) is 2.02. The molecule has 0 aliphatic rings. The van der Waals surface area contributed by atoms with Gasteiger partial charge in [-0.05, 0) is 5.56 Å². The van der Waals surface area contributed by atoms with Gasteiger partial charge in [0.15, 0.2) is 4.96 Å². The molecule has 5 nitrogen and oxygen atoms in total. The lowest BCUT2D eigenvalue weighted by Crippen LogP contribution is -2.24. The summed E-state index contributed by atoms with van der Waals surface area (Å²) < 4.78 is 7.34. The molecule has 2 heterocycles. The van der Waals surface area contributed by atoms with E-state index >= 15 is 0 Å². The van der Waals surface area contributed by atoms with Gasteiger partial charge >= 0.3 is 0 Å². The molecule has 2 aromatic heterocycles. The summed E-state index contributed by atoms with van der Waals surface area (Å²) in [5.74, 6) is 0.624. The van der Waals surface area contributed by atoms with E-state index in [0.717, 1.165) is 16.2 Å². The summed E-state index contributed by atoms with van der Waals surface area (Å²) in [4.78, 5) is 5.33. The fourth-order valence-electron chi connectivity index (χ4n) is 2.33. The first kappa shape index (κ1) is 14.1. The number of hydrogen-bond donors (Lipinski definition) is 2. The van der Waals surface area contributed by atoms with Gasteiger partial charge in [-0.25, -0.2) is 0 Å². The van der Waals surface area contributed by atoms with Crippen molar-refractivity contribution < 1.29 is 9.84 Å². The second-order valence-electron chi connectivity index (χ2n) is 4.65. The Kier molecular flexibility index (Phi) is 4.19. The average Bonchev–Trinajstić information content (AvgIpc) is 3.10. The Morgan fingerprint density at radius 3 is 2.90 bits per heavy atom. The SMILES string of the molecule is COc1nc2sccn2c1CNC(CO)c1ccccc1. The second kappa shape index (κ2) is 6.26. The van der Waals surface area contributed by atoms with Gasteiger partial charge in [0.1, 0.15) is 5.69 Å². The van der Waals surface area contributed by atoms with E-state index in [2.05, 4.69) is 10.3 Å². The monoisotopic (exact) mass is 303 g/mol. The number of aliphatic hydroxyl groups excluding tert-OH is 1. The number of aromatic nitrogens is 2. The minimum absolute atomic E-state index is 0.0396. The van der Waals surface area contributed by atoms with Crippen molar-refractivity contribution >= 4 is 16.3 Å². The van der Waals surface area contributed by atoms with Crippen LogP contribution in [0.5, 0.6) is 5.88 Å². The van der Waals surface area contributed by atoms with Crippen LogP contribution in [0.2, 0.25) is 0 Å². The third kappa shape index (κ3) is 2.78. The summed E-state index contributed by atoms with van der Waals surface area (Å²) in [6, 6.07) is 9.79. The van der Waals surface area contributed by atoms with Gasteiger partial charge in [0.2, 0.25) is 5.88 Å². The van der Waals surface area contributed by atoms with Crippen LogP contribution in [0.3, 0.4) is 0 Å². The Hall–Kier alpha value is -1.89. The highest BCUT2D eigenvalue weighted by atomic mass is 32.1. The second-order valence-corrected chi connectivity index (χ2v) is 5.52. The fourth-order valence-corrected chi connectivity index (χ4v) is 3.05.